The zero-order chi connectivity index (χ0) is 14.8. The Morgan fingerprint density at radius 3 is 3.05 bits per heavy atom. The molecule has 0 aliphatic heterocycles. The Morgan fingerprint density at radius 1 is 1.60 bits per heavy atom. The molecule has 0 aromatic heterocycles. The second-order valence-corrected chi connectivity index (χ2v) is 7.02. The van der Waals surface area contributed by atoms with Gasteiger partial charge in [-0.15, -0.1) is 0 Å². The molecule has 1 aromatic carbocycles. The monoisotopic (exact) mass is 359 g/mol. The van der Waals surface area contributed by atoms with E-state index in [1.807, 2.05) is 0 Å². The van der Waals surface area contributed by atoms with Gasteiger partial charge in [-0.05, 0) is 52.9 Å². The largest absolute Gasteiger partial charge is 0.388 e. The lowest BCUT2D eigenvalue weighted by Gasteiger charge is -2.35. The van der Waals surface area contributed by atoms with Gasteiger partial charge in [-0.25, -0.2) is 0 Å². The van der Waals surface area contributed by atoms with E-state index in [0.29, 0.717) is 21.0 Å². The Hall–Kier alpha value is -0.580. The summed E-state index contributed by atoms with van der Waals surface area (Å²) in [5.74, 6) is 0.287. The molecular formula is C15H19BrClNO2. The van der Waals surface area contributed by atoms with Gasteiger partial charge in [0.15, 0.2) is 0 Å². The predicted octanol–water partition coefficient (Wildman–Crippen LogP) is 3.77. The molecule has 1 saturated carbocycles. The fourth-order valence-electron chi connectivity index (χ4n) is 2.80. The van der Waals surface area contributed by atoms with Crippen LogP contribution in [0.5, 0.6) is 0 Å². The summed E-state index contributed by atoms with van der Waals surface area (Å²) in [7, 11) is 0. The molecule has 1 aliphatic carbocycles. The van der Waals surface area contributed by atoms with Crippen molar-refractivity contribution in [1.29, 1.82) is 0 Å². The molecule has 1 fully saturated rings. The molecule has 1 aromatic rings. The minimum atomic E-state index is -0.779. The first-order valence-electron chi connectivity index (χ1n) is 6.85. The second-order valence-electron chi connectivity index (χ2n) is 5.73. The van der Waals surface area contributed by atoms with Gasteiger partial charge in [0.05, 0.1) is 11.2 Å². The van der Waals surface area contributed by atoms with Crippen molar-refractivity contribution in [3.63, 3.8) is 0 Å². The number of nitrogens with one attached hydrogen (secondary N) is 1. The Morgan fingerprint density at radius 2 is 2.35 bits per heavy atom. The average Bonchev–Trinajstić information content (AvgIpc) is 2.39. The Kier molecular flexibility index (Phi) is 5.10. The summed E-state index contributed by atoms with van der Waals surface area (Å²) in [6.45, 7) is 2.43. The van der Waals surface area contributed by atoms with E-state index < -0.39 is 5.60 Å². The maximum Gasteiger partial charge on any atom is 0.252 e. The Balaban J connectivity index is 1.99. The molecular weight excluding hydrogens is 342 g/mol. The van der Waals surface area contributed by atoms with E-state index in [2.05, 4.69) is 28.2 Å². The summed E-state index contributed by atoms with van der Waals surface area (Å²) in [6, 6.07) is 5.09. The molecule has 0 spiro atoms. The van der Waals surface area contributed by atoms with E-state index in [0.717, 1.165) is 25.7 Å². The van der Waals surface area contributed by atoms with Crippen molar-refractivity contribution in [2.24, 2.45) is 5.92 Å². The van der Waals surface area contributed by atoms with Crippen LogP contribution in [0, 0.1) is 5.92 Å². The number of aliphatic hydroxyl groups is 1. The number of benzene rings is 1. The smallest absolute Gasteiger partial charge is 0.252 e. The average molecular weight is 361 g/mol. The van der Waals surface area contributed by atoms with Gasteiger partial charge in [0.1, 0.15) is 0 Å². The lowest BCUT2D eigenvalue weighted by atomic mass is 9.79. The van der Waals surface area contributed by atoms with Crippen LogP contribution < -0.4 is 5.32 Å². The van der Waals surface area contributed by atoms with Crippen LogP contribution in [0.25, 0.3) is 0 Å². The molecule has 2 rings (SSSR count). The molecule has 5 heteroatoms. The van der Waals surface area contributed by atoms with Crippen LogP contribution in [0.15, 0.2) is 22.7 Å². The first-order valence-corrected chi connectivity index (χ1v) is 8.02. The van der Waals surface area contributed by atoms with Gasteiger partial charge in [-0.1, -0.05) is 31.4 Å². The third-order valence-corrected chi connectivity index (χ3v) is 4.75. The van der Waals surface area contributed by atoms with Crippen LogP contribution >= 0.6 is 27.5 Å². The summed E-state index contributed by atoms with van der Waals surface area (Å²) in [4.78, 5) is 12.2. The molecule has 1 aliphatic rings. The van der Waals surface area contributed by atoms with Crippen molar-refractivity contribution in [2.75, 3.05) is 6.54 Å². The normalized spacial score (nSPS) is 26.3. The second kappa shape index (κ2) is 6.46. The summed E-state index contributed by atoms with van der Waals surface area (Å²) in [6.07, 6.45) is 3.64. The summed E-state index contributed by atoms with van der Waals surface area (Å²) in [5, 5.41) is 13.8. The molecule has 2 N–H and O–H groups in total. The minimum Gasteiger partial charge on any atom is -0.388 e. The van der Waals surface area contributed by atoms with Crippen LogP contribution in [0.2, 0.25) is 5.02 Å². The maximum absolute atomic E-state index is 12.2. The van der Waals surface area contributed by atoms with Crippen molar-refractivity contribution >= 4 is 33.4 Å². The van der Waals surface area contributed by atoms with Crippen molar-refractivity contribution in [2.45, 2.75) is 38.2 Å². The zero-order valence-corrected chi connectivity index (χ0v) is 13.8. The summed E-state index contributed by atoms with van der Waals surface area (Å²) >= 11 is 9.24. The van der Waals surface area contributed by atoms with Gasteiger partial charge in [0.2, 0.25) is 0 Å². The van der Waals surface area contributed by atoms with E-state index >= 15 is 0 Å². The number of rotatable bonds is 3. The van der Waals surface area contributed by atoms with Crippen LogP contribution in [0.3, 0.4) is 0 Å². The van der Waals surface area contributed by atoms with E-state index in [9.17, 15) is 9.90 Å². The molecule has 110 valence electrons. The quantitative estimate of drug-likeness (QED) is 0.862. The van der Waals surface area contributed by atoms with Crippen LogP contribution in [-0.4, -0.2) is 23.2 Å². The van der Waals surface area contributed by atoms with Crippen molar-refractivity contribution in [1.82, 2.24) is 5.32 Å². The molecule has 0 saturated heterocycles. The molecule has 2 atom stereocenters. The third kappa shape index (κ3) is 3.96. The molecule has 0 radical (unpaired) electrons. The third-order valence-electron chi connectivity index (χ3n) is 3.82. The Labute approximate surface area is 132 Å². The highest BCUT2D eigenvalue weighted by Gasteiger charge is 2.33. The fourth-order valence-corrected chi connectivity index (χ4v) is 3.40. The fraction of sp³-hybridized carbons (Fsp3) is 0.533. The van der Waals surface area contributed by atoms with E-state index in [4.69, 9.17) is 11.6 Å². The Bertz CT molecular complexity index is 509. The number of halogens is 2. The summed E-state index contributed by atoms with van der Waals surface area (Å²) < 4.78 is 0.698. The van der Waals surface area contributed by atoms with Crippen LogP contribution in [-0.2, 0) is 0 Å². The highest BCUT2D eigenvalue weighted by Crippen LogP contribution is 2.31. The SMILES string of the molecule is CC1CCCC(O)(CNC(=O)c2cc(Cl)ccc2Br)C1. The summed E-state index contributed by atoms with van der Waals surface area (Å²) in [5.41, 5.74) is -0.289. The van der Waals surface area contributed by atoms with Crippen molar-refractivity contribution in [3.8, 4) is 0 Å². The lowest BCUT2D eigenvalue weighted by molar-refractivity contribution is -0.0109. The van der Waals surface area contributed by atoms with Gasteiger partial charge in [0, 0.05) is 16.0 Å². The first-order chi connectivity index (χ1) is 9.39. The van der Waals surface area contributed by atoms with Crippen molar-refractivity contribution in [3.05, 3.63) is 33.3 Å². The number of hydrogen-bond acceptors (Lipinski definition) is 2. The van der Waals surface area contributed by atoms with Gasteiger partial charge in [-0.2, -0.15) is 0 Å². The molecule has 3 nitrogen and oxygen atoms in total. The lowest BCUT2D eigenvalue weighted by Crippen LogP contribution is -2.45. The van der Waals surface area contributed by atoms with Gasteiger partial charge in [-0.3, -0.25) is 4.79 Å². The molecule has 2 unspecified atom stereocenters. The van der Waals surface area contributed by atoms with Gasteiger partial charge < -0.3 is 10.4 Å². The van der Waals surface area contributed by atoms with E-state index in [1.54, 1.807) is 18.2 Å². The van der Waals surface area contributed by atoms with Gasteiger partial charge >= 0.3 is 0 Å². The topological polar surface area (TPSA) is 49.3 Å². The van der Waals surface area contributed by atoms with Crippen molar-refractivity contribution < 1.29 is 9.90 Å². The standard InChI is InChI=1S/C15H19BrClNO2/c1-10-3-2-6-15(20,8-10)9-18-14(19)12-7-11(17)4-5-13(12)16/h4-5,7,10,20H,2-3,6,8-9H2,1H3,(H,18,19). The van der Waals surface area contributed by atoms with Gasteiger partial charge in [0.25, 0.3) is 5.91 Å². The first kappa shape index (κ1) is 15.8. The maximum atomic E-state index is 12.2. The number of hydrogen-bond donors (Lipinski definition) is 2. The highest BCUT2D eigenvalue weighted by atomic mass is 79.9. The predicted molar refractivity (Wildman–Crippen MR) is 84.1 cm³/mol. The number of carbonyl (C=O) groups excluding carboxylic acids is 1. The number of amides is 1. The zero-order valence-electron chi connectivity index (χ0n) is 11.5. The van der Waals surface area contributed by atoms with Crippen LogP contribution in [0.4, 0.5) is 0 Å². The highest BCUT2D eigenvalue weighted by molar-refractivity contribution is 9.10. The molecule has 1 amide bonds. The number of carbonyl (C=O) groups is 1. The van der Waals surface area contributed by atoms with Crippen LogP contribution in [0.1, 0.15) is 43.0 Å². The van der Waals surface area contributed by atoms with E-state index in [1.165, 1.54) is 0 Å². The molecule has 0 bridgehead atoms. The minimum absolute atomic E-state index is 0.217. The van der Waals surface area contributed by atoms with E-state index in [-0.39, 0.29) is 12.5 Å². The molecule has 0 heterocycles. The molecule has 20 heavy (non-hydrogen) atoms.